The first-order valence-corrected chi connectivity index (χ1v) is 6.98. The van der Waals surface area contributed by atoms with Crippen LogP contribution in [0.3, 0.4) is 0 Å². The number of hydrogen-bond donors (Lipinski definition) is 1. The molecule has 0 radical (unpaired) electrons. The maximum absolute atomic E-state index is 11.0. The summed E-state index contributed by atoms with van der Waals surface area (Å²) in [6.45, 7) is 1.68. The van der Waals surface area contributed by atoms with E-state index in [9.17, 15) is 10.1 Å². The second-order valence-corrected chi connectivity index (χ2v) is 5.08. The molecule has 8 nitrogen and oxygen atoms in total. The zero-order valence-corrected chi connectivity index (χ0v) is 12.8. The number of aromatic nitrogens is 3. The van der Waals surface area contributed by atoms with Crippen LogP contribution in [0.4, 0.5) is 5.69 Å². The number of nitro benzene ring substituents is 1. The van der Waals surface area contributed by atoms with Gasteiger partial charge >= 0.3 is 0 Å². The minimum absolute atomic E-state index is 0.0380. The molecule has 116 valence electrons. The summed E-state index contributed by atoms with van der Waals surface area (Å²) in [7, 11) is 0. The van der Waals surface area contributed by atoms with Crippen molar-refractivity contribution in [1.82, 2.24) is 14.9 Å². The number of hydrogen-bond acceptors (Lipinski definition) is 6. The number of furan rings is 1. The molecule has 0 bridgehead atoms. The van der Waals surface area contributed by atoms with Crippen molar-refractivity contribution in [2.24, 2.45) is 5.10 Å². The first kappa shape index (κ1) is 14.9. The van der Waals surface area contributed by atoms with Crippen LogP contribution in [-0.4, -0.2) is 26.0 Å². The molecule has 0 unspecified atom stereocenters. The monoisotopic (exact) mass is 329 g/mol. The number of H-pyrrole nitrogens is 1. The fraction of sp³-hybridized carbons (Fsp3) is 0.0714. The van der Waals surface area contributed by atoms with Crippen molar-refractivity contribution in [3.05, 3.63) is 62.6 Å². The molecule has 2 aromatic heterocycles. The Hall–Kier alpha value is -3.07. The van der Waals surface area contributed by atoms with Crippen LogP contribution in [-0.2, 0) is 0 Å². The van der Waals surface area contributed by atoms with Gasteiger partial charge in [-0.15, -0.1) is 5.10 Å². The number of aromatic amines is 1. The van der Waals surface area contributed by atoms with Crippen molar-refractivity contribution in [3.63, 3.8) is 0 Å². The SMILES string of the molecule is Cc1ccc(/C=N\n2c(-c3ccco3)n[nH]c2=S)cc1[N+](=O)[O-]. The van der Waals surface area contributed by atoms with Gasteiger partial charge in [-0.25, -0.2) is 5.10 Å². The van der Waals surface area contributed by atoms with Gasteiger partial charge in [-0.3, -0.25) is 10.1 Å². The second-order valence-electron chi connectivity index (χ2n) is 4.69. The summed E-state index contributed by atoms with van der Waals surface area (Å²) in [4.78, 5) is 10.6. The lowest BCUT2D eigenvalue weighted by atomic mass is 10.1. The average Bonchev–Trinajstić information content (AvgIpc) is 3.16. The summed E-state index contributed by atoms with van der Waals surface area (Å²) in [6.07, 6.45) is 2.99. The smallest absolute Gasteiger partial charge is 0.272 e. The van der Waals surface area contributed by atoms with Crippen molar-refractivity contribution < 1.29 is 9.34 Å². The minimum Gasteiger partial charge on any atom is -0.461 e. The van der Waals surface area contributed by atoms with Crippen molar-refractivity contribution >= 4 is 24.1 Å². The van der Waals surface area contributed by atoms with Gasteiger partial charge in [-0.2, -0.15) is 9.78 Å². The maximum Gasteiger partial charge on any atom is 0.272 e. The normalized spacial score (nSPS) is 11.2. The van der Waals surface area contributed by atoms with Gasteiger partial charge in [0.1, 0.15) is 0 Å². The molecule has 0 amide bonds. The fourth-order valence-corrected chi connectivity index (χ4v) is 2.17. The topological polar surface area (TPSA) is 102 Å². The number of rotatable bonds is 4. The second kappa shape index (κ2) is 5.97. The molecule has 0 saturated carbocycles. The van der Waals surface area contributed by atoms with E-state index in [1.54, 1.807) is 31.2 Å². The van der Waals surface area contributed by atoms with E-state index in [0.29, 0.717) is 22.7 Å². The molecule has 2 heterocycles. The molecule has 9 heteroatoms. The Labute approximate surface area is 135 Å². The van der Waals surface area contributed by atoms with Crippen LogP contribution in [0.15, 0.2) is 46.1 Å². The van der Waals surface area contributed by atoms with E-state index in [4.69, 9.17) is 16.6 Å². The van der Waals surface area contributed by atoms with Gasteiger partial charge in [0.25, 0.3) is 5.69 Å². The number of benzene rings is 1. The third-order valence-electron chi connectivity index (χ3n) is 3.14. The zero-order valence-electron chi connectivity index (χ0n) is 12.0. The Morgan fingerprint density at radius 1 is 1.48 bits per heavy atom. The Balaban J connectivity index is 1.99. The van der Waals surface area contributed by atoms with Gasteiger partial charge in [-0.05, 0) is 31.3 Å². The summed E-state index contributed by atoms with van der Waals surface area (Å²) in [5.41, 5.74) is 1.20. The molecule has 0 atom stereocenters. The highest BCUT2D eigenvalue weighted by Gasteiger charge is 2.12. The number of aryl methyl sites for hydroxylation is 1. The van der Waals surface area contributed by atoms with Crippen LogP contribution in [0, 0.1) is 21.8 Å². The Bertz CT molecular complexity index is 940. The van der Waals surface area contributed by atoms with E-state index in [1.165, 1.54) is 23.2 Å². The number of nitrogens with one attached hydrogen (secondary N) is 1. The molecule has 23 heavy (non-hydrogen) atoms. The lowest BCUT2D eigenvalue weighted by Gasteiger charge is -1.99. The van der Waals surface area contributed by atoms with E-state index in [2.05, 4.69) is 15.3 Å². The van der Waals surface area contributed by atoms with Gasteiger partial charge in [0.15, 0.2) is 5.76 Å². The summed E-state index contributed by atoms with van der Waals surface area (Å²) >= 11 is 5.13. The largest absolute Gasteiger partial charge is 0.461 e. The third kappa shape index (κ3) is 2.94. The fourth-order valence-electron chi connectivity index (χ4n) is 1.99. The molecule has 1 N–H and O–H groups in total. The predicted octanol–water partition coefficient (Wildman–Crippen LogP) is 3.30. The average molecular weight is 329 g/mol. The van der Waals surface area contributed by atoms with E-state index in [-0.39, 0.29) is 10.5 Å². The van der Waals surface area contributed by atoms with Crippen LogP contribution >= 0.6 is 12.2 Å². The number of nitrogens with zero attached hydrogens (tertiary/aromatic N) is 4. The molecule has 3 rings (SSSR count). The van der Waals surface area contributed by atoms with Crippen LogP contribution in [0.2, 0.25) is 0 Å². The van der Waals surface area contributed by atoms with Crippen molar-refractivity contribution in [3.8, 4) is 11.6 Å². The van der Waals surface area contributed by atoms with E-state index in [0.717, 1.165) is 0 Å². The molecule has 0 aliphatic heterocycles. The number of nitro groups is 1. The molecule has 3 aromatic rings. The first-order chi connectivity index (χ1) is 11.1. The summed E-state index contributed by atoms with van der Waals surface area (Å²) in [5.74, 6) is 0.919. The Morgan fingerprint density at radius 2 is 2.30 bits per heavy atom. The van der Waals surface area contributed by atoms with Crippen molar-refractivity contribution in [2.45, 2.75) is 6.92 Å². The van der Waals surface area contributed by atoms with Crippen LogP contribution in [0.5, 0.6) is 0 Å². The predicted molar refractivity (Wildman–Crippen MR) is 85.9 cm³/mol. The summed E-state index contributed by atoms with van der Waals surface area (Å²) in [6, 6.07) is 8.32. The van der Waals surface area contributed by atoms with Crippen LogP contribution in [0.25, 0.3) is 11.6 Å². The molecule has 0 aliphatic carbocycles. The Morgan fingerprint density at radius 3 is 3.00 bits per heavy atom. The molecular weight excluding hydrogens is 318 g/mol. The van der Waals surface area contributed by atoms with E-state index in [1.807, 2.05) is 0 Å². The summed E-state index contributed by atoms with van der Waals surface area (Å²) in [5, 5.41) is 21.9. The van der Waals surface area contributed by atoms with Gasteiger partial charge in [0.2, 0.25) is 10.6 Å². The molecular formula is C14H11N5O3S. The van der Waals surface area contributed by atoms with Gasteiger partial charge in [0, 0.05) is 17.2 Å². The lowest BCUT2D eigenvalue weighted by molar-refractivity contribution is -0.385. The van der Waals surface area contributed by atoms with Crippen LogP contribution < -0.4 is 0 Å². The standard InChI is InChI=1S/C14H11N5O3S/c1-9-4-5-10(7-11(9)19(20)21)8-15-18-13(16-17-14(18)23)12-3-2-6-22-12/h2-8H,1H3,(H,17,23)/b15-8-. The highest BCUT2D eigenvalue weighted by Crippen LogP contribution is 2.19. The molecule has 0 fully saturated rings. The summed E-state index contributed by atoms with van der Waals surface area (Å²) < 4.78 is 6.95. The van der Waals surface area contributed by atoms with Gasteiger partial charge < -0.3 is 4.42 Å². The molecule has 0 saturated heterocycles. The third-order valence-corrected chi connectivity index (χ3v) is 3.41. The first-order valence-electron chi connectivity index (χ1n) is 6.57. The molecule has 0 spiro atoms. The Kier molecular flexibility index (Phi) is 3.85. The van der Waals surface area contributed by atoms with Gasteiger partial charge in [-0.1, -0.05) is 12.1 Å². The van der Waals surface area contributed by atoms with Gasteiger partial charge in [0.05, 0.1) is 17.4 Å². The van der Waals surface area contributed by atoms with E-state index >= 15 is 0 Å². The van der Waals surface area contributed by atoms with Crippen molar-refractivity contribution in [1.29, 1.82) is 0 Å². The lowest BCUT2D eigenvalue weighted by Crippen LogP contribution is -1.96. The highest BCUT2D eigenvalue weighted by atomic mass is 32.1. The van der Waals surface area contributed by atoms with Crippen LogP contribution in [0.1, 0.15) is 11.1 Å². The van der Waals surface area contributed by atoms with Crippen molar-refractivity contribution in [2.75, 3.05) is 0 Å². The maximum atomic E-state index is 11.0. The minimum atomic E-state index is -0.426. The van der Waals surface area contributed by atoms with E-state index < -0.39 is 4.92 Å². The molecule has 0 aliphatic rings. The quantitative estimate of drug-likeness (QED) is 0.342. The molecule has 1 aromatic carbocycles. The zero-order chi connectivity index (χ0) is 16.4. The highest BCUT2D eigenvalue weighted by molar-refractivity contribution is 7.71.